The molecule has 0 fully saturated rings. The van der Waals surface area contributed by atoms with Crippen LogP contribution in [0.3, 0.4) is 0 Å². The van der Waals surface area contributed by atoms with E-state index in [1.54, 1.807) is 6.07 Å². The summed E-state index contributed by atoms with van der Waals surface area (Å²) < 4.78 is 11.4. The van der Waals surface area contributed by atoms with Crippen LogP contribution in [0.25, 0.3) is 0 Å². The lowest BCUT2D eigenvalue weighted by Crippen LogP contribution is -2.10. The van der Waals surface area contributed by atoms with E-state index in [0.29, 0.717) is 34.7 Å². The Bertz CT molecular complexity index is 629. The molecule has 0 heterocycles. The van der Waals surface area contributed by atoms with Gasteiger partial charge >= 0.3 is 0 Å². The molecule has 2 rings (SSSR count). The van der Waals surface area contributed by atoms with Crippen LogP contribution in [0, 0.1) is 0 Å². The van der Waals surface area contributed by atoms with Crippen LogP contribution < -0.4 is 15.2 Å². The molecule has 0 radical (unpaired) electrons. The van der Waals surface area contributed by atoms with E-state index < -0.39 is 0 Å². The lowest BCUT2D eigenvalue weighted by atomic mass is 10.2. The summed E-state index contributed by atoms with van der Waals surface area (Å²) in [5, 5.41) is 0.703. The van der Waals surface area contributed by atoms with Crippen LogP contribution in [-0.4, -0.2) is 11.6 Å². The minimum absolute atomic E-state index is 0.334. The second kappa shape index (κ2) is 7.29. The summed E-state index contributed by atoms with van der Waals surface area (Å²) >= 11 is 10.8. The Balaban J connectivity index is 2.14. The Labute approximate surface area is 134 Å². The van der Waals surface area contributed by atoms with Crippen LogP contribution >= 0.6 is 23.8 Å². The van der Waals surface area contributed by atoms with E-state index >= 15 is 0 Å². The number of thiocarbonyl (C=S) groups is 1. The molecule has 0 aliphatic heterocycles. The van der Waals surface area contributed by atoms with Gasteiger partial charge in [-0.15, -0.1) is 0 Å². The van der Waals surface area contributed by atoms with Crippen molar-refractivity contribution in [3.05, 3.63) is 58.6 Å². The van der Waals surface area contributed by atoms with Gasteiger partial charge in [-0.05, 0) is 42.8 Å². The fraction of sp³-hybridized carbons (Fsp3) is 0.188. The van der Waals surface area contributed by atoms with Gasteiger partial charge in [-0.1, -0.05) is 36.0 Å². The molecule has 0 spiro atoms. The molecule has 5 heteroatoms. The first-order valence-corrected chi connectivity index (χ1v) is 7.32. The van der Waals surface area contributed by atoms with E-state index in [4.69, 9.17) is 39.0 Å². The molecule has 21 heavy (non-hydrogen) atoms. The van der Waals surface area contributed by atoms with E-state index in [1.165, 1.54) is 0 Å². The molecule has 0 aromatic heterocycles. The lowest BCUT2D eigenvalue weighted by Gasteiger charge is -2.13. The zero-order valence-electron chi connectivity index (χ0n) is 11.6. The van der Waals surface area contributed by atoms with E-state index in [1.807, 2.05) is 43.3 Å². The molecular formula is C16H16ClNO2S. The predicted molar refractivity (Wildman–Crippen MR) is 89.3 cm³/mol. The minimum Gasteiger partial charge on any atom is -0.490 e. The third-order valence-electron chi connectivity index (χ3n) is 2.84. The van der Waals surface area contributed by atoms with E-state index in [0.717, 1.165) is 11.1 Å². The Morgan fingerprint density at radius 2 is 1.81 bits per heavy atom. The quantitative estimate of drug-likeness (QED) is 0.818. The SMILES string of the molecule is CCOc1cc(C(N)=S)ccc1OCc1ccc(Cl)cc1. The second-order valence-corrected chi connectivity index (χ2v) is 5.25. The molecule has 2 N–H and O–H groups in total. The van der Waals surface area contributed by atoms with E-state index in [9.17, 15) is 0 Å². The van der Waals surface area contributed by atoms with E-state index in [2.05, 4.69) is 0 Å². The number of ether oxygens (including phenoxy) is 2. The fourth-order valence-corrected chi connectivity index (χ4v) is 2.04. The van der Waals surface area contributed by atoms with E-state index in [-0.39, 0.29) is 0 Å². The molecule has 0 atom stereocenters. The Hall–Kier alpha value is -1.78. The maximum absolute atomic E-state index is 5.86. The second-order valence-electron chi connectivity index (χ2n) is 4.37. The summed E-state index contributed by atoms with van der Waals surface area (Å²) in [6, 6.07) is 12.9. The molecule has 0 saturated heterocycles. The van der Waals surface area contributed by atoms with Crippen LogP contribution in [0.5, 0.6) is 11.5 Å². The van der Waals surface area contributed by atoms with Gasteiger partial charge in [0.05, 0.1) is 6.61 Å². The molecule has 0 bridgehead atoms. The number of benzene rings is 2. The Morgan fingerprint density at radius 3 is 2.43 bits per heavy atom. The van der Waals surface area contributed by atoms with Crippen molar-refractivity contribution in [1.29, 1.82) is 0 Å². The van der Waals surface area contributed by atoms with Crippen LogP contribution in [0.2, 0.25) is 5.02 Å². The highest BCUT2D eigenvalue weighted by Gasteiger charge is 2.08. The minimum atomic E-state index is 0.334. The van der Waals surface area contributed by atoms with Crippen molar-refractivity contribution in [3.8, 4) is 11.5 Å². The summed E-state index contributed by atoms with van der Waals surface area (Å²) in [5.41, 5.74) is 7.42. The number of rotatable bonds is 6. The summed E-state index contributed by atoms with van der Waals surface area (Å²) in [5.74, 6) is 1.29. The molecule has 0 unspecified atom stereocenters. The zero-order valence-corrected chi connectivity index (χ0v) is 13.2. The van der Waals surface area contributed by atoms with Gasteiger partial charge in [0.1, 0.15) is 11.6 Å². The molecule has 2 aromatic rings. The molecule has 3 nitrogen and oxygen atoms in total. The molecule has 110 valence electrons. The highest BCUT2D eigenvalue weighted by atomic mass is 35.5. The zero-order chi connectivity index (χ0) is 15.2. The number of hydrogen-bond acceptors (Lipinski definition) is 3. The summed E-state index contributed by atoms with van der Waals surface area (Å²) in [6.07, 6.45) is 0. The molecule has 0 amide bonds. The van der Waals surface area contributed by atoms with Crippen molar-refractivity contribution in [2.45, 2.75) is 13.5 Å². The monoisotopic (exact) mass is 321 g/mol. The molecule has 0 aliphatic rings. The van der Waals surface area contributed by atoms with Gasteiger partial charge < -0.3 is 15.2 Å². The van der Waals surface area contributed by atoms with Crippen LogP contribution in [-0.2, 0) is 6.61 Å². The van der Waals surface area contributed by atoms with Crippen molar-refractivity contribution in [3.63, 3.8) is 0 Å². The summed E-state index contributed by atoms with van der Waals surface area (Å²) in [7, 11) is 0. The van der Waals surface area contributed by atoms with Gasteiger partial charge in [0, 0.05) is 10.6 Å². The normalized spacial score (nSPS) is 10.2. The average Bonchev–Trinajstić information content (AvgIpc) is 2.47. The first-order valence-electron chi connectivity index (χ1n) is 6.54. The van der Waals surface area contributed by atoms with Gasteiger partial charge in [0.2, 0.25) is 0 Å². The highest BCUT2D eigenvalue weighted by Crippen LogP contribution is 2.29. The van der Waals surface area contributed by atoms with Gasteiger partial charge in [-0.25, -0.2) is 0 Å². The smallest absolute Gasteiger partial charge is 0.161 e. The largest absolute Gasteiger partial charge is 0.490 e. The maximum atomic E-state index is 5.86. The number of nitrogens with two attached hydrogens (primary N) is 1. The van der Waals surface area contributed by atoms with Gasteiger partial charge in [0.25, 0.3) is 0 Å². The standard InChI is InChI=1S/C16H16ClNO2S/c1-2-19-15-9-12(16(18)21)5-8-14(15)20-10-11-3-6-13(17)7-4-11/h3-9H,2,10H2,1H3,(H2,18,21). The number of hydrogen-bond donors (Lipinski definition) is 1. The molecule has 0 saturated carbocycles. The van der Waals surface area contributed by atoms with Crippen LogP contribution in [0.4, 0.5) is 0 Å². The Morgan fingerprint density at radius 1 is 1.10 bits per heavy atom. The van der Waals surface area contributed by atoms with Crippen molar-refractivity contribution in [2.24, 2.45) is 5.73 Å². The van der Waals surface area contributed by atoms with Crippen molar-refractivity contribution in [1.82, 2.24) is 0 Å². The van der Waals surface area contributed by atoms with Crippen LogP contribution in [0.1, 0.15) is 18.1 Å². The highest BCUT2D eigenvalue weighted by molar-refractivity contribution is 7.80. The third-order valence-corrected chi connectivity index (χ3v) is 3.32. The third kappa shape index (κ3) is 4.34. The first-order chi connectivity index (χ1) is 10.1. The van der Waals surface area contributed by atoms with Crippen molar-refractivity contribution < 1.29 is 9.47 Å². The van der Waals surface area contributed by atoms with Crippen molar-refractivity contribution >= 4 is 28.8 Å². The fourth-order valence-electron chi connectivity index (χ4n) is 1.79. The molecule has 2 aromatic carbocycles. The maximum Gasteiger partial charge on any atom is 0.161 e. The first kappa shape index (κ1) is 15.6. The van der Waals surface area contributed by atoms with Gasteiger partial charge in [0.15, 0.2) is 11.5 Å². The van der Waals surface area contributed by atoms with Crippen LogP contribution in [0.15, 0.2) is 42.5 Å². The summed E-state index contributed by atoms with van der Waals surface area (Å²) in [6.45, 7) is 2.89. The lowest BCUT2D eigenvalue weighted by molar-refractivity contribution is 0.269. The van der Waals surface area contributed by atoms with Gasteiger partial charge in [-0.3, -0.25) is 0 Å². The average molecular weight is 322 g/mol. The number of halogens is 1. The topological polar surface area (TPSA) is 44.5 Å². The Kier molecular flexibility index (Phi) is 5.42. The molecular weight excluding hydrogens is 306 g/mol. The van der Waals surface area contributed by atoms with Gasteiger partial charge in [-0.2, -0.15) is 0 Å². The predicted octanol–water partition coefficient (Wildman–Crippen LogP) is 3.95. The van der Waals surface area contributed by atoms with Crippen molar-refractivity contribution in [2.75, 3.05) is 6.61 Å². The molecule has 0 aliphatic carbocycles. The summed E-state index contributed by atoms with van der Waals surface area (Å²) in [4.78, 5) is 0.334.